The molecule has 1 nitrogen and oxygen atoms in total. The number of carbonyl (C=O) groups excluding carboxylic acids is 1. The highest BCUT2D eigenvalue weighted by atomic mass is 32.2. The number of rotatable bonds is 3. The average Bonchev–Trinajstić information content (AvgIpc) is 2.30. The molecule has 0 fully saturated rings. The Morgan fingerprint density at radius 2 is 1.40 bits per heavy atom. The van der Waals surface area contributed by atoms with Crippen LogP contribution in [-0.4, -0.2) is 23.1 Å². The summed E-state index contributed by atoms with van der Waals surface area (Å²) < 4.78 is 86.9. The second-order valence-electron chi connectivity index (χ2n) is 3.85. The lowest BCUT2D eigenvalue weighted by Crippen LogP contribution is -2.55. The molecule has 0 saturated heterocycles. The predicted octanol–water partition coefficient (Wildman–Crippen LogP) is 4.45. The molecule has 0 spiro atoms. The van der Waals surface area contributed by atoms with Gasteiger partial charge in [0.15, 0.2) is 0 Å². The van der Waals surface area contributed by atoms with Crippen LogP contribution in [0.4, 0.5) is 30.7 Å². The second kappa shape index (κ2) is 5.27. The molecule has 1 aromatic rings. The number of aryl methyl sites for hydroxylation is 1. The monoisotopic (exact) mass is 320 g/mol. The summed E-state index contributed by atoms with van der Waals surface area (Å²) in [7, 11) is 0. The van der Waals surface area contributed by atoms with Gasteiger partial charge in [0, 0.05) is 4.90 Å². The Bertz CT molecular complexity index is 492. The minimum Gasteiger partial charge on any atom is -0.280 e. The van der Waals surface area contributed by atoms with Crippen molar-refractivity contribution < 1.29 is 35.5 Å². The van der Waals surface area contributed by atoms with E-state index in [1.54, 1.807) is 6.92 Å². The third-order valence-corrected chi connectivity index (χ3v) is 3.19. The van der Waals surface area contributed by atoms with Crippen LogP contribution in [-0.2, 0) is 4.79 Å². The maximum atomic E-state index is 13.0. The van der Waals surface area contributed by atoms with Gasteiger partial charge >= 0.3 is 18.0 Å². The summed E-state index contributed by atoms with van der Waals surface area (Å²) in [5.74, 6) is -12.3. The molecule has 1 aromatic carbocycles. The number of alkyl halides is 7. The number of benzene rings is 1. The van der Waals surface area contributed by atoms with E-state index in [1.165, 1.54) is 24.3 Å². The fourth-order valence-corrected chi connectivity index (χ4v) is 1.83. The number of hydrogen-bond donors (Lipinski definition) is 0. The minimum atomic E-state index is -6.51. The quantitative estimate of drug-likeness (QED) is 0.605. The van der Waals surface area contributed by atoms with Crippen LogP contribution in [0.1, 0.15) is 5.56 Å². The van der Waals surface area contributed by atoms with E-state index in [-0.39, 0.29) is 16.7 Å². The number of hydrogen-bond acceptors (Lipinski definition) is 2. The van der Waals surface area contributed by atoms with E-state index in [1.807, 2.05) is 0 Å². The van der Waals surface area contributed by atoms with Gasteiger partial charge in [0.25, 0.3) is 5.12 Å². The molecule has 0 aliphatic rings. The van der Waals surface area contributed by atoms with E-state index in [9.17, 15) is 35.5 Å². The highest BCUT2D eigenvalue weighted by Gasteiger charge is 2.76. The highest BCUT2D eigenvalue weighted by Crippen LogP contribution is 2.48. The van der Waals surface area contributed by atoms with Gasteiger partial charge in [-0.15, -0.1) is 0 Å². The number of thioether (sulfide) groups is 1. The lowest BCUT2D eigenvalue weighted by molar-refractivity contribution is -0.341. The van der Waals surface area contributed by atoms with Crippen LogP contribution in [0.25, 0.3) is 0 Å². The average molecular weight is 320 g/mol. The normalized spacial score (nSPS) is 13.4. The molecule has 0 saturated carbocycles. The molecule has 0 aliphatic carbocycles. The van der Waals surface area contributed by atoms with Crippen LogP contribution in [0, 0.1) is 6.92 Å². The zero-order valence-corrected chi connectivity index (χ0v) is 10.6. The van der Waals surface area contributed by atoms with Crippen molar-refractivity contribution in [2.24, 2.45) is 0 Å². The Hall–Kier alpha value is -1.25. The zero-order chi connectivity index (χ0) is 15.8. The summed E-state index contributed by atoms with van der Waals surface area (Å²) in [5, 5.41) is -2.57. The van der Waals surface area contributed by atoms with Gasteiger partial charge < -0.3 is 0 Å². The fourth-order valence-electron chi connectivity index (χ4n) is 1.08. The highest BCUT2D eigenvalue weighted by molar-refractivity contribution is 8.13. The predicted molar refractivity (Wildman–Crippen MR) is 58.0 cm³/mol. The molecule has 20 heavy (non-hydrogen) atoms. The molecule has 0 amide bonds. The van der Waals surface area contributed by atoms with Crippen molar-refractivity contribution in [2.45, 2.75) is 29.8 Å². The molecular formula is C11H7F7OS. The third-order valence-electron chi connectivity index (χ3n) is 2.24. The van der Waals surface area contributed by atoms with Crippen LogP contribution < -0.4 is 0 Å². The molecule has 112 valence electrons. The van der Waals surface area contributed by atoms with Gasteiger partial charge in [0.05, 0.1) is 0 Å². The molecule has 0 heterocycles. The number of carbonyl (C=O) groups is 1. The van der Waals surface area contributed by atoms with Crippen LogP contribution in [0.3, 0.4) is 0 Å². The largest absolute Gasteiger partial charge is 0.460 e. The smallest absolute Gasteiger partial charge is 0.280 e. The molecule has 0 aromatic heterocycles. The first-order chi connectivity index (χ1) is 8.89. The van der Waals surface area contributed by atoms with E-state index in [0.717, 1.165) is 0 Å². The van der Waals surface area contributed by atoms with Crippen LogP contribution in [0.15, 0.2) is 29.2 Å². The van der Waals surface area contributed by atoms with Crippen molar-refractivity contribution in [2.75, 3.05) is 0 Å². The topological polar surface area (TPSA) is 17.1 Å². The zero-order valence-electron chi connectivity index (χ0n) is 9.77. The van der Waals surface area contributed by atoms with Crippen molar-refractivity contribution >= 4 is 16.9 Å². The third kappa shape index (κ3) is 3.08. The van der Waals surface area contributed by atoms with Gasteiger partial charge in [-0.2, -0.15) is 30.7 Å². The van der Waals surface area contributed by atoms with Crippen LogP contribution >= 0.6 is 11.8 Å². The summed E-state index contributed by atoms with van der Waals surface area (Å²) >= 11 is -0.367. The van der Waals surface area contributed by atoms with Crippen molar-refractivity contribution in [3.63, 3.8) is 0 Å². The van der Waals surface area contributed by atoms with Crippen molar-refractivity contribution in [3.8, 4) is 0 Å². The first-order valence-corrected chi connectivity index (χ1v) is 5.82. The van der Waals surface area contributed by atoms with Crippen molar-refractivity contribution in [3.05, 3.63) is 29.8 Å². The van der Waals surface area contributed by atoms with Gasteiger partial charge in [-0.3, -0.25) is 4.79 Å². The summed E-state index contributed by atoms with van der Waals surface area (Å²) in [5.41, 5.74) is 0.703. The summed E-state index contributed by atoms with van der Waals surface area (Å²) in [6.07, 6.45) is -6.51. The molecule has 0 N–H and O–H groups in total. The molecule has 9 heteroatoms. The van der Waals surface area contributed by atoms with Gasteiger partial charge in [-0.1, -0.05) is 17.7 Å². The molecule has 0 unspecified atom stereocenters. The van der Waals surface area contributed by atoms with Gasteiger partial charge in [-0.25, -0.2) is 0 Å². The maximum Gasteiger partial charge on any atom is 0.460 e. The van der Waals surface area contributed by atoms with Crippen LogP contribution in [0.2, 0.25) is 0 Å². The van der Waals surface area contributed by atoms with Crippen molar-refractivity contribution in [1.29, 1.82) is 0 Å². The summed E-state index contributed by atoms with van der Waals surface area (Å²) in [4.78, 5) is 10.9. The first-order valence-electron chi connectivity index (χ1n) is 5.01. The molecule has 1 rings (SSSR count). The van der Waals surface area contributed by atoms with E-state index >= 15 is 0 Å². The van der Waals surface area contributed by atoms with Gasteiger partial charge in [-0.05, 0) is 30.8 Å². The second-order valence-corrected chi connectivity index (χ2v) is 4.90. The van der Waals surface area contributed by atoms with Crippen LogP contribution in [0.5, 0.6) is 0 Å². The lowest BCUT2D eigenvalue weighted by Gasteiger charge is -2.26. The Kier molecular flexibility index (Phi) is 4.42. The number of halogens is 7. The van der Waals surface area contributed by atoms with Gasteiger partial charge in [0.2, 0.25) is 0 Å². The fraction of sp³-hybridized carbons (Fsp3) is 0.364. The standard InChI is InChI=1S/C11H7F7OS/c1-6-2-4-7(5-3-6)20-8(19)9(12,13)10(14,15)11(16,17)18/h2-5H,1H3. The van der Waals surface area contributed by atoms with E-state index < -0.39 is 23.1 Å². The Morgan fingerprint density at radius 1 is 0.950 bits per heavy atom. The molecule has 0 radical (unpaired) electrons. The van der Waals surface area contributed by atoms with E-state index in [0.29, 0.717) is 5.56 Å². The van der Waals surface area contributed by atoms with Gasteiger partial charge in [0.1, 0.15) is 0 Å². The molecule has 0 bridgehead atoms. The Morgan fingerprint density at radius 3 is 1.80 bits per heavy atom. The maximum absolute atomic E-state index is 13.0. The van der Waals surface area contributed by atoms with E-state index in [2.05, 4.69) is 0 Å². The summed E-state index contributed by atoms with van der Waals surface area (Å²) in [6.45, 7) is 1.64. The molecule has 0 aliphatic heterocycles. The van der Waals surface area contributed by atoms with Crippen molar-refractivity contribution in [1.82, 2.24) is 0 Å². The lowest BCUT2D eigenvalue weighted by atomic mass is 10.2. The SMILES string of the molecule is Cc1ccc(SC(=O)C(F)(F)C(F)(F)C(F)(F)F)cc1. The Balaban J connectivity index is 2.98. The Labute approximate surface area is 113 Å². The van der Waals surface area contributed by atoms with E-state index in [4.69, 9.17) is 0 Å². The minimum absolute atomic E-state index is 0.154. The molecule has 0 atom stereocenters. The first kappa shape index (κ1) is 16.8. The summed E-state index contributed by atoms with van der Waals surface area (Å²) in [6, 6.07) is 5.13. The molecular weight excluding hydrogens is 313 g/mol.